The monoisotopic (exact) mass is 480 g/mol. The van der Waals surface area contributed by atoms with Gasteiger partial charge in [-0.05, 0) is 56.4 Å². The largest absolute Gasteiger partial charge is 0.371 e. The number of hydrogen-bond acceptors (Lipinski definition) is 5. The molecule has 1 aliphatic heterocycles. The van der Waals surface area contributed by atoms with Gasteiger partial charge < -0.3 is 10.2 Å². The van der Waals surface area contributed by atoms with E-state index in [0.29, 0.717) is 36.5 Å². The first kappa shape index (κ1) is 21.3. The lowest BCUT2D eigenvalue weighted by molar-refractivity contribution is -0.121. The Hall–Kier alpha value is -2.92. The van der Waals surface area contributed by atoms with Crippen molar-refractivity contribution in [3.05, 3.63) is 57.4 Å². The van der Waals surface area contributed by atoms with Crippen LogP contribution in [0.3, 0.4) is 0 Å². The van der Waals surface area contributed by atoms with Crippen molar-refractivity contribution in [3.63, 3.8) is 0 Å². The SMILES string of the molecule is Cc1nc2c(C#N)cnn2c(C)c1CCC(=O)NCC1CCN(c2cccc(Br)c2)C1. The Labute approximate surface area is 190 Å². The first-order valence-corrected chi connectivity index (χ1v) is 11.3. The molecule has 3 aromatic rings. The number of hydrogen-bond donors (Lipinski definition) is 1. The summed E-state index contributed by atoms with van der Waals surface area (Å²) in [5.74, 6) is 0.510. The van der Waals surface area contributed by atoms with E-state index in [0.717, 1.165) is 40.9 Å². The fourth-order valence-electron chi connectivity index (χ4n) is 4.24. The molecule has 0 spiro atoms. The molecule has 1 aliphatic rings. The van der Waals surface area contributed by atoms with Gasteiger partial charge in [-0.3, -0.25) is 4.79 Å². The summed E-state index contributed by atoms with van der Waals surface area (Å²) in [5, 5.41) is 16.6. The summed E-state index contributed by atoms with van der Waals surface area (Å²) >= 11 is 3.53. The third-order valence-electron chi connectivity index (χ3n) is 5.98. The molecule has 0 radical (unpaired) electrons. The number of nitriles is 1. The molecule has 1 unspecified atom stereocenters. The Balaban J connectivity index is 1.31. The highest BCUT2D eigenvalue weighted by atomic mass is 79.9. The Morgan fingerprint density at radius 1 is 1.39 bits per heavy atom. The molecule has 1 aromatic carbocycles. The van der Waals surface area contributed by atoms with Gasteiger partial charge in [-0.25, -0.2) is 9.50 Å². The molecule has 0 bridgehead atoms. The first-order valence-electron chi connectivity index (χ1n) is 10.5. The van der Waals surface area contributed by atoms with E-state index in [4.69, 9.17) is 0 Å². The molecule has 4 rings (SSSR count). The number of benzene rings is 1. The highest BCUT2D eigenvalue weighted by molar-refractivity contribution is 9.10. The number of aromatic nitrogens is 3. The lowest BCUT2D eigenvalue weighted by Crippen LogP contribution is -2.31. The third kappa shape index (κ3) is 4.57. The molecule has 160 valence electrons. The van der Waals surface area contributed by atoms with E-state index >= 15 is 0 Å². The molecule has 8 heteroatoms. The van der Waals surface area contributed by atoms with E-state index < -0.39 is 0 Å². The zero-order valence-corrected chi connectivity index (χ0v) is 19.3. The van der Waals surface area contributed by atoms with Crippen LogP contribution in [0.25, 0.3) is 5.65 Å². The van der Waals surface area contributed by atoms with E-state index in [2.05, 4.69) is 60.5 Å². The Bertz CT molecular complexity index is 1160. The van der Waals surface area contributed by atoms with Crippen molar-refractivity contribution in [2.75, 3.05) is 24.5 Å². The number of carbonyl (C=O) groups excluding carboxylic acids is 1. The summed E-state index contributed by atoms with van der Waals surface area (Å²) in [7, 11) is 0. The molecule has 1 saturated heterocycles. The lowest BCUT2D eigenvalue weighted by Gasteiger charge is -2.19. The third-order valence-corrected chi connectivity index (χ3v) is 6.47. The highest BCUT2D eigenvalue weighted by Crippen LogP contribution is 2.26. The van der Waals surface area contributed by atoms with Gasteiger partial charge in [0.15, 0.2) is 5.65 Å². The molecule has 7 nitrogen and oxygen atoms in total. The zero-order valence-electron chi connectivity index (χ0n) is 17.7. The number of carbonyl (C=O) groups is 1. The lowest BCUT2D eigenvalue weighted by atomic mass is 10.1. The number of amides is 1. The second-order valence-electron chi connectivity index (χ2n) is 8.05. The second-order valence-corrected chi connectivity index (χ2v) is 8.97. The van der Waals surface area contributed by atoms with Gasteiger partial charge in [0.05, 0.1) is 6.20 Å². The van der Waals surface area contributed by atoms with Crippen molar-refractivity contribution >= 4 is 33.2 Å². The molecular formula is C23H25BrN6O. The summed E-state index contributed by atoms with van der Waals surface area (Å²) in [4.78, 5) is 19.4. The molecule has 2 aromatic heterocycles. The maximum Gasteiger partial charge on any atom is 0.220 e. The fraction of sp³-hybridized carbons (Fsp3) is 0.391. The molecule has 1 amide bonds. The zero-order chi connectivity index (χ0) is 22.0. The minimum Gasteiger partial charge on any atom is -0.371 e. The summed E-state index contributed by atoms with van der Waals surface area (Å²) < 4.78 is 2.77. The first-order chi connectivity index (χ1) is 15.0. The molecule has 3 heterocycles. The summed E-state index contributed by atoms with van der Waals surface area (Å²) in [6, 6.07) is 10.5. The van der Waals surface area contributed by atoms with E-state index in [9.17, 15) is 10.1 Å². The van der Waals surface area contributed by atoms with Crippen LogP contribution in [0.1, 0.15) is 35.4 Å². The van der Waals surface area contributed by atoms with Crippen molar-refractivity contribution < 1.29 is 4.79 Å². The standard InChI is InChI=1S/C23H25BrN6O/c1-15-21(16(2)30-23(28-15)18(11-25)13-27-30)6-7-22(31)26-12-17-8-9-29(14-17)20-5-3-4-19(24)10-20/h3-5,10,13,17H,6-9,12,14H2,1-2H3,(H,26,31). The van der Waals surface area contributed by atoms with Crippen LogP contribution in [0.4, 0.5) is 5.69 Å². The molecule has 0 aliphatic carbocycles. The van der Waals surface area contributed by atoms with Crippen LogP contribution >= 0.6 is 15.9 Å². The molecule has 0 saturated carbocycles. The maximum atomic E-state index is 12.5. The minimum absolute atomic E-state index is 0.0537. The summed E-state index contributed by atoms with van der Waals surface area (Å²) in [6.07, 6.45) is 3.61. The van der Waals surface area contributed by atoms with Crippen molar-refractivity contribution in [2.45, 2.75) is 33.1 Å². The van der Waals surface area contributed by atoms with Gasteiger partial charge in [0.1, 0.15) is 11.6 Å². The molecule has 31 heavy (non-hydrogen) atoms. The number of halogens is 1. The summed E-state index contributed by atoms with van der Waals surface area (Å²) in [5.41, 5.74) is 5.03. The van der Waals surface area contributed by atoms with Crippen LogP contribution in [0.2, 0.25) is 0 Å². The molecule has 1 N–H and O–H groups in total. The predicted molar refractivity (Wildman–Crippen MR) is 123 cm³/mol. The smallest absolute Gasteiger partial charge is 0.220 e. The van der Waals surface area contributed by atoms with Crippen molar-refractivity contribution in [1.82, 2.24) is 19.9 Å². The van der Waals surface area contributed by atoms with Crippen LogP contribution in [-0.2, 0) is 11.2 Å². The average molecular weight is 481 g/mol. The van der Waals surface area contributed by atoms with Crippen molar-refractivity contribution in [1.29, 1.82) is 5.26 Å². The molecule has 1 fully saturated rings. The van der Waals surface area contributed by atoms with Gasteiger partial charge in [-0.2, -0.15) is 10.4 Å². The second kappa shape index (κ2) is 9.06. The van der Waals surface area contributed by atoms with Crippen LogP contribution in [0.15, 0.2) is 34.9 Å². The summed E-state index contributed by atoms with van der Waals surface area (Å²) in [6.45, 7) is 6.54. The number of aryl methyl sites for hydroxylation is 2. The Morgan fingerprint density at radius 2 is 2.23 bits per heavy atom. The van der Waals surface area contributed by atoms with E-state index in [1.165, 1.54) is 11.9 Å². The molecule has 1 atom stereocenters. The van der Waals surface area contributed by atoms with Gasteiger partial charge in [0.25, 0.3) is 0 Å². The maximum absolute atomic E-state index is 12.5. The van der Waals surface area contributed by atoms with Gasteiger partial charge >= 0.3 is 0 Å². The van der Waals surface area contributed by atoms with Crippen LogP contribution < -0.4 is 10.2 Å². The normalized spacial score (nSPS) is 15.9. The van der Waals surface area contributed by atoms with Gasteiger partial charge in [-0.15, -0.1) is 0 Å². The quantitative estimate of drug-likeness (QED) is 0.582. The number of anilines is 1. The number of nitrogens with zero attached hydrogens (tertiary/aromatic N) is 5. The Morgan fingerprint density at radius 3 is 3.00 bits per heavy atom. The van der Waals surface area contributed by atoms with Crippen LogP contribution in [-0.4, -0.2) is 40.1 Å². The fourth-order valence-corrected chi connectivity index (χ4v) is 4.63. The van der Waals surface area contributed by atoms with Crippen LogP contribution in [0, 0.1) is 31.1 Å². The Kier molecular flexibility index (Phi) is 6.23. The molecular weight excluding hydrogens is 456 g/mol. The van der Waals surface area contributed by atoms with Crippen molar-refractivity contribution in [2.24, 2.45) is 5.92 Å². The van der Waals surface area contributed by atoms with E-state index in [1.807, 2.05) is 19.9 Å². The van der Waals surface area contributed by atoms with E-state index in [-0.39, 0.29) is 5.91 Å². The number of fused-ring (bicyclic) bond motifs is 1. The van der Waals surface area contributed by atoms with E-state index in [1.54, 1.807) is 4.52 Å². The number of rotatable bonds is 6. The van der Waals surface area contributed by atoms with Gasteiger partial charge in [0.2, 0.25) is 5.91 Å². The van der Waals surface area contributed by atoms with Crippen LogP contribution in [0.5, 0.6) is 0 Å². The van der Waals surface area contributed by atoms with Gasteiger partial charge in [0, 0.05) is 47.6 Å². The van der Waals surface area contributed by atoms with Gasteiger partial charge in [-0.1, -0.05) is 22.0 Å². The van der Waals surface area contributed by atoms with Crippen molar-refractivity contribution in [3.8, 4) is 6.07 Å². The number of nitrogens with one attached hydrogen (secondary N) is 1. The minimum atomic E-state index is 0.0537. The average Bonchev–Trinajstić information content (AvgIpc) is 3.39. The highest BCUT2D eigenvalue weighted by Gasteiger charge is 2.23. The predicted octanol–water partition coefficient (Wildman–Crippen LogP) is 3.56. The topological polar surface area (TPSA) is 86.3 Å².